The van der Waals surface area contributed by atoms with Crippen molar-refractivity contribution in [3.05, 3.63) is 44.2 Å². The van der Waals surface area contributed by atoms with Crippen molar-refractivity contribution < 1.29 is 8.42 Å². The fraction of sp³-hybridized carbons (Fsp3) is 0. The molecular weight excluding hydrogens is 381 g/mol. The van der Waals surface area contributed by atoms with Crippen molar-refractivity contribution in [2.45, 2.75) is 4.21 Å². The van der Waals surface area contributed by atoms with Crippen LogP contribution in [0.3, 0.4) is 0 Å². The first-order chi connectivity index (χ1) is 8.38. The summed E-state index contributed by atoms with van der Waals surface area (Å²) in [5.41, 5.74) is 0.396. The minimum Gasteiger partial charge on any atom is -0.279 e. The van der Waals surface area contributed by atoms with Crippen molar-refractivity contribution in [3.63, 3.8) is 0 Å². The summed E-state index contributed by atoms with van der Waals surface area (Å²) in [7, 11) is -3.61. The van der Waals surface area contributed by atoms with Crippen molar-refractivity contribution in [1.29, 1.82) is 0 Å². The molecule has 8 heteroatoms. The predicted octanol–water partition coefficient (Wildman–Crippen LogP) is 4.62. The van der Waals surface area contributed by atoms with Gasteiger partial charge in [-0.2, -0.15) is 0 Å². The lowest BCUT2D eigenvalue weighted by Gasteiger charge is -2.07. The van der Waals surface area contributed by atoms with Crippen LogP contribution in [0.1, 0.15) is 0 Å². The van der Waals surface area contributed by atoms with Gasteiger partial charge in [-0.25, -0.2) is 8.42 Å². The molecule has 0 saturated heterocycles. The number of sulfonamides is 1. The third-order valence-corrected chi connectivity index (χ3v) is 6.32. The number of thiophene rings is 1. The fourth-order valence-corrected chi connectivity index (χ4v) is 4.17. The second kappa shape index (κ2) is 5.38. The smallest absolute Gasteiger partial charge is 0.271 e. The maximum absolute atomic E-state index is 12.0. The van der Waals surface area contributed by atoms with Crippen molar-refractivity contribution in [3.8, 4) is 0 Å². The molecule has 1 aromatic carbocycles. The molecule has 0 fully saturated rings. The normalized spacial score (nSPS) is 11.5. The Kier molecular flexibility index (Phi) is 4.23. The van der Waals surface area contributed by atoms with Crippen LogP contribution in [0.4, 0.5) is 5.69 Å². The highest BCUT2D eigenvalue weighted by atomic mass is 79.9. The summed E-state index contributed by atoms with van der Waals surface area (Å²) in [5, 5.41) is 0.430. The number of hydrogen-bond acceptors (Lipinski definition) is 3. The zero-order valence-electron chi connectivity index (χ0n) is 8.65. The number of anilines is 1. The Balaban J connectivity index is 2.30. The standard InChI is InChI=1S/C10H6BrCl2NO2S2/c11-7-2-1-6(5-8(7)12)14-18(15,16)10-4-3-9(13)17-10/h1-5,14H. The van der Waals surface area contributed by atoms with Crippen molar-refractivity contribution >= 4 is 66.2 Å². The van der Waals surface area contributed by atoms with Crippen molar-refractivity contribution in [2.75, 3.05) is 4.72 Å². The highest BCUT2D eigenvalue weighted by Crippen LogP contribution is 2.29. The van der Waals surface area contributed by atoms with E-state index in [1.165, 1.54) is 18.2 Å². The maximum atomic E-state index is 12.0. The van der Waals surface area contributed by atoms with Gasteiger partial charge in [0.1, 0.15) is 4.21 Å². The SMILES string of the molecule is O=S(=O)(Nc1ccc(Br)c(Cl)c1)c1ccc(Cl)s1. The van der Waals surface area contributed by atoms with E-state index in [0.717, 1.165) is 11.3 Å². The second-order valence-corrected chi connectivity index (χ2v) is 8.18. The lowest BCUT2D eigenvalue weighted by atomic mass is 10.3. The molecule has 0 radical (unpaired) electrons. The van der Waals surface area contributed by atoms with Crippen molar-refractivity contribution in [1.82, 2.24) is 0 Å². The third kappa shape index (κ3) is 3.19. The number of rotatable bonds is 3. The summed E-state index contributed by atoms with van der Waals surface area (Å²) >= 11 is 15.8. The zero-order valence-corrected chi connectivity index (χ0v) is 13.4. The average Bonchev–Trinajstić information content (AvgIpc) is 2.71. The van der Waals surface area contributed by atoms with Gasteiger partial charge in [0, 0.05) is 4.47 Å². The molecule has 0 unspecified atom stereocenters. The second-order valence-electron chi connectivity index (χ2n) is 3.29. The monoisotopic (exact) mass is 385 g/mol. The lowest BCUT2D eigenvalue weighted by Crippen LogP contribution is -2.11. The number of hydrogen-bond donors (Lipinski definition) is 1. The third-order valence-electron chi connectivity index (χ3n) is 1.99. The summed E-state index contributed by atoms with van der Waals surface area (Å²) in [6.07, 6.45) is 0. The van der Waals surface area contributed by atoms with Gasteiger partial charge in [-0.1, -0.05) is 23.2 Å². The summed E-state index contributed by atoms with van der Waals surface area (Å²) in [6.45, 7) is 0. The molecular formula is C10H6BrCl2NO2S2. The molecule has 0 bridgehead atoms. The van der Waals surface area contributed by atoms with Gasteiger partial charge in [0.05, 0.1) is 15.0 Å². The van der Waals surface area contributed by atoms with Crippen LogP contribution < -0.4 is 4.72 Å². The van der Waals surface area contributed by atoms with Crippen LogP contribution in [-0.4, -0.2) is 8.42 Å². The van der Waals surface area contributed by atoms with E-state index in [4.69, 9.17) is 23.2 Å². The number of nitrogens with one attached hydrogen (secondary N) is 1. The first-order valence-corrected chi connectivity index (χ1v) is 8.46. The van der Waals surface area contributed by atoms with Crippen LogP contribution in [0.25, 0.3) is 0 Å². The largest absolute Gasteiger partial charge is 0.279 e. The summed E-state index contributed by atoms with van der Waals surface area (Å²) in [6, 6.07) is 7.80. The van der Waals surface area contributed by atoms with E-state index in [1.54, 1.807) is 12.1 Å². The fourth-order valence-electron chi connectivity index (χ4n) is 1.21. The van der Waals surface area contributed by atoms with Gasteiger partial charge in [0.25, 0.3) is 10.0 Å². The van der Waals surface area contributed by atoms with E-state index in [0.29, 0.717) is 19.5 Å². The number of halogens is 3. The van der Waals surface area contributed by atoms with Crippen LogP contribution >= 0.6 is 50.5 Å². The Labute approximate surface area is 127 Å². The van der Waals surface area contributed by atoms with Gasteiger partial charge in [-0.05, 0) is 46.3 Å². The molecule has 1 heterocycles. The molecule has 0 saturated carbocycles. The summed E-state index contributed by atoms with van der Waals surface area (Å²) in [4.78, 5) is 0. The Morgan fingerprint density at radius 2 is 1.89 bits per heavy atom. The zero-order chi connectivity index (χ0) is 13.3. The molecule has 0 spiro atoms. The Hall–Kier alpha value is -0.270. The first kappa shape index (κ1) is 14.1. The van der Waals surface area contributed by atoms with E-state index < -0.39 is 10.0 Å². The quantitative estimate of drug-likeness (QED) is 0.836. The van der Waals surface area contributed by atoms with Gasteiger partial charge < -0.3 is 0 Å². The molecule has 0 aliphatic heterocycles. The Morgan fingerprint density at radius 1 is 1.17 bits per heavy atom. The topological polar surface area (TPSA) is 46.2 Å². The Morgan fingerprint density at radius 3 is 2.44 bits per heavy atom. The summed E-state index contributed by atoms with van der Waals surface area (Å²) in [5.74, 6) is 0. The van der Waals surface area contributed by atoms with Gasteiger partial charge in [0.2, 0.25) is 0 Å². The predicted molar refractivity (Wildman–Crippen MR) is 79.3 cm³/mol. The summed E-state index contributed by atoms with van der Waals surface area (Å²) < 4.78 is 27.7. The van der Waals surface area contributed by atoms with Gasteiger partial charge in [0.15, 0.2) is 0 Å². The van der Waals surface area contributed by atoms with E-state index in [-0.39, 0.29) is 4.21 Å². The van der Waals surface area contributed by atoms with E-state index in [2.05, 4.69) is 20.7 Å². The molecule has 0 aliphatic rings. The highest BCUT2D eigenvalue weighted by molar-refractivity contribution is 9.10. The van der Waals surface area contributed by atoms with Crippen LogP contribution in [0, 0.1) is 0 Å². The van der Waals surface area contributed by atoms with Crippen LogP contribution in [0.5, 0.6) is 0 Å². The lowest BCUT2D eigenvalue weighted by molar-refractivity contribution is 0.603. The van der Waals surface area contributed by atoms with Crippen LogP contribution in [-0.2, 0) is 10.0 Å². The van der Waals surface area contributed by atoms with Crippen LogP contribution in [0.2, 0.25) is 9.36 Å². The minimum absolute atomic E-state index is 0.159. The minimum atomic E-state index is -3.61. The van der Waals surface area contributed by atoms with Crippen LogP contribution in [0.15, 0.2) is 39.0 Å². The molecule has 3 nitrogen and oxygen atoms in total. The van der Waals surface area contributed by atoms with Gasteiger partial charge in [-0.15, -0.1) is 11.3 Å². The molecule has 0 aliphatic carbocycles. The van der Waals surface area contributed by atoms with E-state index >= 15 is 0 Å². The molecule has 0 atom stereocenters. The van der Waals surface area contributed by atoms with Gasteiger partial charge >= 0.3 is 0 Å². The molecule has 0 amide bonds. The Bertz CT molecular complexity index is 685. The molecule has 2 aromatic rings. The number of benzene rings is 1. The van der Waals surface area contributed by atoms with E-state index in [9.17, 15) is 8.42 Å². The van der Waals surface area contributed by atoms with Crippen molar-refractivity contribution in [2.24, 2.45) is 0 Å². The molecule has 2 rings (SSSR count). The maximum Gasteiger partial charge on any atom is 0.271 e. The molecule has 1 aromatic heterocycles. The molecule has 96 valence electrons. The average molecular weight is 387 g/mol. The molecule has 18 heavy (non-hydrogen) atoms. The first-order valence-electron chi connectivity index (χ1n) is 4.62. The van der Waals surface area contributed by atoms with Gasteiger partial charge in [-0.3, -0.25) is 4.72 Å². The van der Waals surface area contributed by atoms with E-state index in [1.807, 2.05) is 0 Å². The molecule has 1 N–H and O–H groups in total. The highest BCUT2D eigenvalue weighted by Gasteiger charge is 2.17.